The molecule has 0 aromatic heterocycles. The zero-order valence-corrected chi connectivity index (χ0v) is 13.6. The molecule has 27 heavy (non-hydrogen) atoms. The largest absolute Gasteiger partial charge is 0.458 e. The number of benzene rings is 2. The lowest BCUT2D eigenvalue weighted by Gasteiger charge is -2.27. The van der Waals surface area contributed by atoms with Crippen LogP contribution in [-0.4, -0.2) is 26.6 Å². The van der Waals surface area contributed by atoms with Crippen LogP contribution in [0.15, 0.2) is 60.7 Å². The van der Waals surface area contributed by atoms with Crippen molar-refractivity contribution >= 4 is 23.2 Å². The van der Waals surface area contributed by atoms with Gasteiger partial charge in [-0.3, -0.25) is 29.8 Å². The maximum Gasteiger partial charge on any atom is 0.317 e. The fourth-order valence-electron chi connectivity index (χ4n) is 2.51. The van der Waals surface area contributed by atoms with E-state index in [0.717, 1.165) is 35.3 Å². The van der Waals surface area contributed by atoms with E-state index in [0.29, 0.717) is 5.56 Å². The molecule has 0 N–H and O–H groups in total. The summed E-state index contributed by atoms with van der Waals surface area (Å²) in [6, 6.07) is 11.0. The van der Waals surface area contributed by atoms with Crippen molar-refractivity contribution in [3.63, 3.8) is 0 Å². The normalized spacial score (nSPS) is 14.3. The van der Waals surface area contributed by atoms with Crippen molar-refractivity contribution < 1.29 is 24.2 Å². The van der Waals surface area contributed by atoms with E-state index in [2.05, 4.69) is 0 Å². The van der Waals surface area contributed by atoms with Gasteiger partial charge in [0.15, 0.2) is 0 Å². The number of non-ortho nitro benzene ring substituents is 1. The summed E-state index contributed by atoms with van der Waals surface area (Å²) in [7, 11) is 0. The van der Waals surface area contributed by atoms with Gasteiger partial charge in [0.25, 0.3) is 17.5 Å². The fraction of sp³-hybridized carbons (Fsp3) is 0.0588. The third kappa shape index (κ3) is 3.49. The third-order valence-corrected chi connectivity index (χ3v) is 3.75. The number of imide groups is 1. The van der Waals surface area contributed by atoms with Gasteiger partial charge in [-0.05, 0) is 6.07 Å². The molecule has 10 heteroatoms. The molecule has 1 atom stereocenters. The Labute approximate surface area is 151 Å². The van der Waals surface area contributed by atoms with E-state index < -0.39 is 39.3 Å². The van der Waals surface area contributed by atoms with E-state index >= 15 is 0 Å². The van der Waals surface area contributed by atoms with Crippen LogP contribution < -0.4 is 4.74 Å². The highest BCUT2D eigenvalue weighted by molar-refractivity contribution is 6.13. The molecule has 0 spiro atoms. The molecule has 1 aliphatic heterocycles. The van der Waals surface area contributed by atoms with E-state index in [1.807, 2.05) is 0 Å². The van der Waals surface area contributed by atoms with E-state index in [1.54, 1.807) is 30.3 Å². The smallest absolute Gasteiger partial charge is 0.317 e. The van der Waals surface area contributed by atoms with Gasteiger partial charge in [-0.1, -0.05) is 30.3 Å². The Morgan fingerprint density at radius 1 is 0.889 bits per heavy atom. The Bertz CT molecular complexity index is 954. The van der Waals surface area contributed by atoms with Gasteiger partial charge in [-0.2, -0.15) is 0 Å². The Hall–Kier alpha value is -4.08. The van der Waals surface area contributed by atoms with Crippen LogP contribution in [-0.2, 0) is 9.59 Å². The minimum absolute atomic E-state index is 0.313. The predicted molar refractivity (Wildman–Crippen MR) is 90.6 cm³/mol. The van der Waals surface area contributed by atoms with Gasteiger partial charge >= 0.3 is 5.69 Å². The highest BCUT2D eigenvalue weighted by Gasteiger charge is 2.35. The molecule has 0 saturated carbocycles. The van der Waals surface area contributed by atoms with Crippen molar-refractivity contribution in [3.8, 4) is 5.75 Å². The van der Waals surface area contributed by atoms with Gasteiger partial charge in [-0.15, -0.1) is 0 Å². The quantitative estimate of drug-likeness (QED) is 0.434. The van der Waals surface area contributed by atoms with Gasteiger partial charge < -0.3 is 4.74 Å². The number of hydrogen-bond acceptors (Lipinski definition) is 7. The second-order valence-electron chi connectivity index (χ2n) is 5.43. The first-order valence-electron chi connectivity index (χ1n) is 7.58. The molecule has 10 nitrogen and oxygen atoms in total. The van der Waals surface area contributed by atoms with Crippen LogP contribution in [0.4, 0.5) is 11.4 Å². The van der Waals surface area contributed by atoms with Gasteiger partial charge in [0.05, 0.1) is 15.9 Å². The molecular formula is C17H11N3O7. The monoisotopic (exact) mass is 369 g/mol. The number of ether oxygens (including phenoxy) is 1. The molecule has 2 aromatic carbocycles. The first-order chi connectivity index (χ1) is 12.9. The second-order valence-corrected chi connectivity index (χ2v) is 5.43. The summed E-state index contributed by atoms with van der Waals surface area (Å²) in [5.41, 5.74) is -0.743. The summed E-state index contributed by atoms with van der Waals surface area (Å²) in [5, 5.41) is 22.2. The highest BCUT2D eigenvalue weighted by atomic mass is 16.6. The zero-order chi connectivity index (χ0) is 19.6. The molecule has 0 aliphatic carbocycles. The van der Waals surface area contributed by atoms with Crippen molar-refractivity contribution in [2.45, 2.75) is 6.23 Å². The van der Waals surface area contributed by atoms with Gasteiger partial charge in [0, 0.05) is 23.8 Å². The number of nitro groups is 2. The Morgan fingerprint density at radius 3 is 2.07 bits per heavy atom. The molecular weight excluding hydrogens is 358 g/mol. The molecule has 0 saturated heterocycles. The number of nitrogens with zero attached hydrogens (tertiary/aromatic N) is 3. The topological polar surface area (TPSA) is 133 Å². The number of rotatable bonds is 6. The lowest BCUT2D eigenvalue weighted by Crippen LogP contribution is -2.37. The van der Waals surface area contributed by atoms with Crippen molar-refractivity contribution in [1.82, 2.24) is 4.90 Å². The lowest BCUT2D eigenvalue weighted by molar-refractivity contribution is -0.395. The van der Waals surface area contributed by atoms with Crippen molar-refractivity contribution in [2.75, 3.05) is 0 Å². The van der Waals surface area contributed by atoms with Gasteiger partial charge in [0.1, 0.15) is 0 Å². The maximum atomic E-state index is 12.1. The van der Waals surface area contributed by atoms with Gasteiger partial charge in [-0.25, -0.2) is 4.90 Å². The molecule has 0 bridgehead atoms. The molecule has 2 aromatic rings. The second kappa shape index (κ2) is 7.04. The van der Waals surface area contributed by atoms with Crippen LogP contribution in [0.1, 0.15) is 11.8 Å². The highest BCUT2D eigenvalue weighted by Crippen LogP contribution is 2.36. The fourth-order valence-corrected chi connectivity index (χ4v) is 2.51. The van der Waals surface area contributed by atoms with E-state index in [1.165, 1.54) is 0 Å². The SMILES string of the molecule is O=C1C=CC(=O)N1C(Oc1ccc([N+](=O)[O-])cc1[N+](=O)[O-])c1ccccc1. The molecule has 3 rings (SSSR count). The molecule has 1 heterocycles. The standard InChI is InChI=1S/C17H11N3O7/c21-15-8-9-16(22)18(15)17(11-4-2-1-3-5-11)27-14-7-6-12(19(23)24)10-13(14)20(25)26/h1-10,17H. The van der Waals surface area contributed by atoms with Crippen LogP contribution in [0.2, 0.25) is 0 Å². The summed E-state index contributed by atoms with van der Waals surface area (Å²) < 4.78 is 5.63. The average Bonchev–Trinajstić information content (AvgIpc) is 2.98. The number of nitro benzene ring substituents is 2. The molecule has 136 valence electrons. The number of hydrogen-bond donors (Lipinski definition) is 0. The lowest BCUT2D eigenvalue weighted by atomic mass is 10.1. The molecule has 2 amide bonds. The van der Waals surface area contributed by atoms with E-state index in [9.17, 15) is 29.8 Å². The first-order valence-corrected chi connectivity index (χ1v) is 7.58. The minimum atomic E-state index is -1.28. The van der Waals surface area contributed by atoms with Crippen molar-refractivity contribution in [3.05, 3.63) is 86.5 Å². The summed E-state index contributed by atoms with van der Waals surface area (Å²) in [5.74, 6) is -1.59. The Balaban J connectivity index is 2.05. The predicted octanol–water partition coefficient (Wildman–Crippen LogP) is 2.51. The minimum Gasteiger partial charge on any atom is -0.458 e. The zero-order valence-electron chi connectivity index (χ0n) is 13.6. The van der Waals surface area contributed by atoms with Crippen LogP contribution >= 0.6 is 0 Å². The van der Waals surface area contributed by atoms with Crippen molar-refractivity contribution in [1.29, 1.82) is 0 Å². The summed E-state index contributed by atoms with van der Waals surface area (Å²) >= 11 is 0. The molecule has 1 aliphatic rings. The maximum absolute atomic E-state index is 12.1. The number of carbonyl (C=O) groups is 2. The van der Waals surface area contributed by atoms with Crippen LogP contribution in [0.5, 0.6) is 5.75 Å². The van der Waals surface area contributed by atoms with Crippen molar-refractivity contribution in [2.24, 2.45) is 0 Å². The van der Waals surface area contributed by atoms with E-state index in [-0.39, 0.29) is 5.75 Å². The van der Waals surface area contributed by atoms with E-state index in [4.69, 9.17) is 4.74 Å². The van der Waals surface area contributed by atoms with Gasteiger partial charge in [0.2, 0.25) is 12.0 Å². The van der Waals surface area contributed by atoms with Crippen LogP contribution in [0.3, 0.4) is 0 Å². The van der Waals surface area contributed by atoms with Crippen LogP contribution in [0, 0.1) is 20.2 Å². The molecule has 0 radical (unpaired) electrons. The molecule has 0 fully saturated rings. The third-order valence-electron chi connectivity index (χ3n) is 3.75. The Morgan fingerprint density at radius 2 is 1.52 bits per heavy atom. The van der Waals surface area contributed by atoms with Crippen LogP contribution in [0.25, 0.3) is 0 Å². The average molecular weight is 369 g/mol. The summed E-state index contributed by atoms with van der Waals surface area (Å²) in [6.07, 6.45) is 0.846. The summed E-state index contributed by atoms with van der Waals surface area (Å²) in [4.78, 5) is 45.5. The first kappa shape index (κ1) is 17.7. The Kier molecular flexibility index (Phi) is 4.62. The number of carbonyl (C=O) groups excluding carboxylic acids is 2. The molecule has 1 unspecified atom stereocenters. The summed E-state index contributed by atoms with van der Waals surface area (Å²) in [6.45, 7) is 0. The number of amides is 2.